The van der Waals surface area contributed by atoms with E-state index in [4.69, 9.17) is 19.4 Å². The molecule has 0 radical (unpaired) electrons. The first-order chi connectivity index (χ1) is 14.5. The number of rotatable bonds is 8. The number of hydrogen-bond donors (Lipinski definition) is 0. The van der Waals surface area contributed by atoms with E-state index in [1.165, 1.54) is 0 Å². The summed E-state index contributed by atoms with van der Waals surface area (Å²) in [5, 5.41) is -0.0416. The number of benzene rings is 1. The van der Waals surface area contributed by atoms with Gasteiger partial charge in [-0.05, 0) is 43.0 Å². The van der Waals surface area contributed by atoms with Crippen molar-refractivity contribution in [2.45, 2.75) is 90.0 Å². The zero-order chi connectivity index (χ0) is 23.2. The minimum atomic E-state index is -2.21. The topological polar surface area (TPSA) is 98.2 Å². The van der Waals surface area contributed by atoms with E-state index in [0.29, 0.717) is 13.0 Å². The lowest BCUT2D eigenvalue weighted by Gasteiger charge is -2.45. The molecule has 2 rings (SSSR count). The molecule has 170 valence electrons. The van der Waals surface area contributed by atoms with Crippen molar-refractivity contribution in [2.75, 3.05) is 0 Å². The second-order valence-electron chi connectivity index (χ2n) is 9.56. The zero-order valence-corrected chi connectivity index (χ0v) is 20.4. The molecule has 0 N–H and O–H groups in total. The van der Waals surface area contributed by atoms with Gasteiger partial charge in [0, 0.05) is 6.92 Å². The Morgan fingerprint density at radius 2 is 1.74 bits per heavy atom. The molecule has 0 spiro atoms. The molecule has 0 aromatic heterocycles. The van der Waals surface area contributed by atoms with E-state index >= 15 is 0 Å². The molecule has 1 saturated carbocycles. The summed E-state index contributed by atoms with van der Waals surface area (Å²) in [6.07, 6.45) is 0.857. The molecule has 0 bridgehead atoms. The second-order valence-corrected chi connectivity index (χ2v) is 14.3. The van der Waals surface area contributed by atoms with E-state index in [0.717, 1.165) is 25.3 Å². The largest absolute Gasteiger partial charge is 0.451 e. The maximum atomic E-state index is 12.5. The van der Waals surface area contributed by atoms with Crippen molar-refractivity contribution in [3.8, 4) is 0 Å². The van der Waals surface area contributed by atoms with Gasteiger partial charge in [0.05, 0.1) is 12.7 Å². The minimum absolute atomic E-state index is 0.0416. The average Bonchev–Trinajstić information content (AvgIpc) is 2.68. The van der Waals surface area contributed by atoms with Gasteiger partial charge in [-0.1, -0.05) is 51.1 Å². The summed E-state index contributed by atoms with van der Waals surface area (Å²) >= 11 is 0. The zero-order valence-electron chi connectivity index (χ0n) is 19.4. The predicted molar refractivity (Wildman–Crippen MR) is 120 cm³/mol. The van der Waals surface area contributed by atoms with Gasteiger partial charge in [0.15, 0.2) is 8.32 Å². The summed E-state index contributed by atoms with van der Waals surface area (Å²) in [5.41, 5.74) is 9.48. The quantitative estimate of drug-likeness (QED) is 0.148. The van der Waals surface area contributed by atoms with Gasteiger partial charge >= 0.3 is 11.7 Å². The van der Waals surface area contributed by atoms with Crippen LogP contribution in [0.15, 0.2) is 30.3 Å². The maximum absolute atomic E-state index is 12.5. The summed E-state index contributed by atoms with van der Waals surface area (Å²) < 4.78 is 18.6. The van der Waals surface area contributed by atoms with Gasteiger partial charge in [0.25, 0.3) is 0 Å². The maximum Gasteiger partial charge on any atom is 0.441 e. The smallest absolute Gasteiger partial charge is 0.441 e. The average molecular weight is 447 g/mol. The van der Waals surface area contributed by atoms with Crippen LogP contribution in [0.2, 0.25) is 18.1 Å². The highest BCUT2D eigenvalue weighted by Crippen LogP contribution is 2.40. The number of nitrogens with zero attached hydrogens (tertiary/aromatic N) is 2. The van der Waals surface area contributed by atoms with Crippen molar-refractivity contribution in [1.29, 1.82) is 0 Å². The van der Waals surface area contributed by atoms with Gasteiger partial charge < -0.3 is 19.4 Å². The highest BCUT2D eigenvalue weighted by Gasteiger charge is 2.46. The van der Waals surface area contributed by atoms with E-state index in [9.17, 15) is 9.59 Å². The number of carbonyl (C=O) groups excluding carboxylic acids is 2. The van der Waals surface area contributed by atoms with Crippen LogP contribution in [-0.2, 0) is 30.1 Å². The number of hydrogen-bond acceptors (Lipinski definition) is 5. The number of carbonyl (C=O) groups is 2. The Hall–Kier alpha value is -2.12. The summed E-state index contributed by atoms with van der Waals surface area (Å²) in [5.74, 6) is -1.59. The van der Waals surface area contributed by atoms with Crippen LogP contribution in [0.5, 0.6) is 0 Å². The van der Waals surface area contributed by atoms with Crippen molar-refractivity contribution in [1.82, 2.24) is 0 Å². The fraction of sp³-hybridized carbons (Fsp3) is 0.609. The summed E-state index contributed by atoms with van der Waals surface area (Å²) in [7, 11) is -2.21. The van der Waals surface area contributed by atoms with Crippen LogP contribution in [-0.4, -0.2) is 48.9 Å². The van der Waals surface area contributed by atoms with Crippen LogP contribution in [0.1, 0.15) is 52.5 Å². The third kappa shape index (κ3) is 6.68. The second kappa shape index (κ2) is 10.5. The first-order valence-corrected chi connectivity index (χ1v) is 13.6. The lowest BCUT2D eigenvalue weighted by Crippen LogP contribution is -2.54. The summed E-state index contributed by atoms with van der Waals surface area (Å²) in [4.78, 5) is 26.9. The Labute approximate surface area is 185 Å². The van der Waals surface area contributed by atoms with Crippen LogP contribution in [0.4, 0.5) is 0 Å². The molecule has 0 aliphatic heterocycles. The molecule has 0 amide bonds. The molecular weight excluding hydrogens is 412 g/mol. The Bertz CT molecular complexity index is 828. The van der Waals surface area contributed by atoms with Crippen LogP contribution in [0, 0.1) is 0 Å². The number of esters is 1. The molecule has 0 unspecified atom stereocenters. The van der Waals surface area contributed by atoms with Gasteiger partial charge in [0.1, 0.15) is 12.2 Å². The lowest BCUT2D eigenvalue weighted by molar-refractivity contribution is -0.164. The molecule has 0 saturated heterocycles. The monoisotopic (exact) mass is 446 g/mol. The third-order valence-corrected chi connectivity index (χ3v) is 10.6. The normalized spacial score (nSPS) is 21.8. The Balaban J connectivity index is 2.25. The Morgan fingerprint density at radius 3 is 2.29 bits per heavy atom. The minimum Gasteiger partial charge on any atom is -0.451 e. The Morgan fingerprint density at radius 1 is 1.13 bits per heavy atom. The molecule has 1 aromatic rings. The van der Waals surface area contributed by atoms with Crippen molar-refractivity contribution < 1.29 is 28.3 Å². The fourth-order valence-corrected chi connectivity index (χ4v) is 4.62. The van der Waals surface area contributed by atoms with Gasteiger partial charge in [0.2, 0.25) is 5.78 Å². The molecular formula is C23H34N2O5Si. The molecule has 1 fully saturated rings. The van der Waals surface area contributed by atoms with Crippen molar-refractivity contribution >= 4 is 25.8 Å². The van der Waals surface area contributed by atoms with E-state index in [1.807, 2.05) is 30.3 Å². The number of ketones is 1. The van der Waals surface area contributed by atoms with Crippen molar-refractivity contribution in [3.63, 3.8) is 0 Å². The van der Waals surface area contributed by atoms with Gasteiger partial charge in [-0.15, -0.1) is 0 Å². The predicted octanol–water partition coefficient (Wildman–Crippen LogP) is 4.32. The van der Waals surface area contributed by atoms with Crippen molar-refractivity contribution in [2.24, 2.45) is 0 Å². The fourth-order valence-electron chi connectivity index (χ4n) is 3.29. The van der Waals surface area contributed by atoms with E-state index in [-0.39, 0.29) is 11.1 Å². The van der Waals surface area contributed by atoms with Gasteiger partial charge in [-0.3, -0.25) is 4.79 Å². The van der Waals surface area contributed by atoms with Gasteiger partial charge in [-0.25, -0.2) is 4.79 Å². The molecule has 7 nitrogen and oxygen atoms in total. The van der Waals surface area contributed by atoms with Crippen LogP contribution in [0.3, 0.4) is 0 Å². The highest BCUT2D eigenvalue weighted by atomic mass is 28.4. The molecule has 3 atom stereocenters. The highest BCUT2D eigenvalue weighted by molar-refractivity contribution is 6.74. The van der Waals surface area contributed by atoms with Crippen LogP contribution < -0.4 is 0 Å². The lowest BCUT2D eigenvalue weighted by atomic mass is 9.91. The third-order valence-electron chi connectivity index (χ3n) is 6.14. The van der Waals surface area contributed by atoms with Gasteiger partial charge in [-0.2, -0.15) is 4.79 Å². The van der Waals surface area contributed by atoms with E-state index in [2.05, 4.69) is 38.7 Å². The summed E-state index contributed by atoms with van der Waals surface area (Å²) in [6, 6.07) is 9.89. The molecule has 31 heavy (non-hydrogen) atoms. The van der Waals surface area contributed by atoms with Crippen molar-refractivity contribution in [3.05, 3.63) is 41.4 Å². The van der Waals surface area contributed by atoms with E-state index < -0.39 is 38.0 Å². The standard InChI is InChI=1S/C23H34N2O5Si/c1-16(26)20(25-24)22(27)29-19-14-10-13-18(28-15-17-11-8-7-9-12-17)21(19)30-31(5,6)23(2,3)4/h7-9,11-12,18-19,21H,10,13-15H2,1-6H3/t18-,19-,21+/m1/s1. The van der Waals surface area contributed by atoms with Crippen LogP contribution >= 0.6 is 0 Å². The first-order valence-electron chi connectivity index (χ1n) is 10.7. The SMILES string of the molecule is CC(=O)C(=[N+]=[N-])C(=O)O[C@@H]1CCC[C@@H](OCc2ccccc2)[C@@H]1O[Si](C)(C)C(C)(C)C. The number of ether oxygens (including phenoxy) is 2. The summed E-state index contributed by atoms with van der Waals surface area (Å²) in [6.45, 7) is 12.3. The Kier molecular flexibility index (Phi) is 8.48. The molecule has 1 aliphatic rings. The first kappa shape index (κ1) is 25.1. The molecule has 1 aliphatic carbocycles. The molecule has 8 heteroatoms. The van der Waals surface area contributed by atoms with E-state index in [1.54, 1.807) is 0 Å². The molecule has 1 aromatic carbocycles. The van der Waals surface area contributed by atoms with Crippen LogP contribution in [0.25, 0.3) is 5.53 Å². The molecule has 0 heterocycles. The number of Topliss-reactive ketones (excluding diaryl/α,β-unsaturated/α-hetero) is 1.